The van der Waals surface area contributed by atoms with Gasteiger partial charge in [0.1, 0.15) is 48.5 Å². The minimum atomic E-state index is -2.02. The number of carbonyl (C=O) groups excluding carboxylic acids is 2. The van der Waals surface area contributed by atoms with Crippen molar-refractivity contribution in [3.8, 4) is 11.1 Å². The van der Waals surface area contributed by atoms with Gasteiger partial charge < -0.3 is 69.0 Å². The summed E-state index contributed by atoms with van der Waals surface area (Å²) in [6, 6.07) is 6.12. The molecule has 0 amide bonds. The average Bonchev–Trinajstić information content (AvgIpc) is 3.89. The number of ether oxygens (including phenoxy) is 8. The number of methoxy groups -OCH3 is 3. The summed E-state index contributed by atoms with van der Waals surface area (Å²) in [6.07, 6.45) is -5.46. The summed E-state index contributed by atoms with van der Waals surface area (Å²) in [5, 5.41) is 55.7. The number of carbonyl (C=O) groups is 2. The van der Waals surface area contributed by atoms with Crippen molar-refractivity contribution >= 4 is 17.7 Å². The molecule has 21 nitrogen and oxygen atoms in total. The Morgan fingerprint density at radius 3 is 2.14 bits per heavy atom. The van der Waals surface area contributed by atoms with Crippen LogP contribution in [0.25, 0.3) is 11.1 Å². The third-order valence-electron chi connectivity index (χ3n) is 16.8. The normalized spacial score (nSPS) is 37.7. The van der Waals surface area contributed by atoms with E-state index in [0.717, 1.165) is 16.7 Å². The molecule has 0 bridgehead atoms. The van der Waals surface area contributed by atoms with E-state index in [4.69, 9.17) is 43.6 Å². The molecule has 20 atom stereocenters. The third-order valence-corrected chi connectivity index (χ3v) is 16.8. The van der Waals surface area contributed by atoms with E-state index in [9.17, 15) is 34.4 Å². The van der Waals surface area contributed by atoms with Crippen molar-refractivity contribution < 1.29 is 72.3 Å². The van der Waals surface area contributed by atoms with Gasteiger partial charge in [-0.1, -0.05) is 57.2 Å². The molecule has 3 aliphatic rings. The Morgan fingerprint density at radius 1 is 0.896 bits per heavy atom. The van der Waals surface area contributed by atoms with E-state index in [1.165, 1.54) is 39.9 Å². The third kappa shape index (κ3) is 13.7. The lowest BCUT2D eigenvalue weighted by Gasteiger charge is -2.50. The Hall–Kier alpha value is -4.17. The van der Waals surface area contributed by atoms with Crippen molar-refractivity contribution in [3.63, 3.8) is 0 Å². The number of alkyl halides is 1. The molecule has 77 heavy (non-hydrogen) atoms. The molecular weight excluding hydrogens is 1000 g/mol. The molecule has 2 aromatic heterocycles. The van der Waals surface area contributed by atoms with Gasteiger partial charge in [-0.3, -0.25) is 9.59 Å². The number of aliphatic hydroxyl groups is 4. The highest BCUT2D eigenvalue weighted by Gasteiger charge is 2.54. The van der Waals surface area contributed by atoms with Crippen LogP contribution in [0.1, 0.15) is 118 Å². The molecule has 0 spiro atoms. The molecule has 432 valence electrons. The van der Waals surface area contributed by atoms with E-state index in [1.54, 1.807) is 60.1 Å². The van der Waals surface area contributed by atoms with Crippen molar-refractivity contribution in [3.05, 3.63) is 54.1 Å². The number of likely N-dealkylation sites (N-methyl/N-ethyl adjacent to an activating group) is 1. The number of nitrogen functional groups attached to an aromatic ring is 1. The van der Waals surface area contributed by atoms with E-state index >= 15 is 0 Å². The SMILES string of the molecule is CC[C@H]1OC(=O)[C@H](C)[C@@H](O[C@H]2C[C@@](C)(OC)[C@@H](O)[C@H](C)O2)[C@H](C)[C@@H](O[C@@H]2O[C@H](C)C[C@H](N(C)CCc3cn([C@@H](CF)[C@H](OC)c4ccc(-c5cnc(N)nc5)cc4)nn3)[C@H]2O)[C@](C)(OC)C[C@@H](C)C(=O)[C@H](C)[C@@H](O)[C@]1(C)O. The first-order valence-corrected chi connectivity index (χ1v) is 26.9. The largest absolute Gasteiger partial charge is 0.459 e. The smallest absolute Gasteiger partial charge is 0.311 e. The Labute approximate surface area is 452 Å². The predicted molar refractivity (Wildman–Crippen MR) is 280 cm³/mol. The number of benzene rings is 1. The number of hydrogen-bond donors (Lipinski definition) is 5. The number of nitrogens with zero attached hydrogens (tertiary/aromatic N) is 6. The van der Waals surface area contributed by atoms with Gasteiger partial charge in [0.05, 0.1) is 53.3 Å². The van der Waals surface area contributed by atoms with Crippen LogP contribution in [-0.4, -0.2) is 188 Å². The van der Waals surface area contributed by atoms with Crippen LogP contribution in [0, 0.1) is 23.7 Å². The molecule has 22 heteroatoms. The maximum absolute atomic E-state index is 14.9. The van der Waals surface area contributed by atoms with Crippen molar-refractivity contribution in [1.82, 2.24) is 29.9 Å². The van der Waals surface area contributed by atoms with Gasteiger partial charge in [0.2, 0.25) is 5.95 Å². The van der Waals surface area contributed by atoms with Crippen molar-refractivity contribution in [2.45, 2.75) is 198 Å². The summed E-state index contributed by atoms with van der Waals surface area (Å²) in [5.74, 6) is -4.73. The highest BCUT2D eigenvalue weighted by molar-refractivity contribution is 5.83. The van der Waals surface area contributed by atoms with Gasteiger partial charge in [0, 0.05) is 88.7 Å². The average molecular weight is 1090 g/mol. The number of aromatic nitrogens is 5. The molecule has 0 unspecified atom stereocenters. The summed E-state index contributed by atoms with van der Waals surface area (Å²) in [7, 11) is 6.36. The molecule has 1 aromatic carbocycles. The molecule has 0 aliphatic carbocycles. The van der Waals surface area contributed by atoms with Crippen molar-refractivity contribution in [2.75, 3.05) is 47.3 Å². The Balaban J connectivity index is 1.27. The first-order valence-electron chi connectivity index (χ1n) is 26.9. The maximum Gasteiger partial charge on any atom is 0.311 e. The van der Waals surface area contributed by atoms with Gasteiger partial charge in [0.25, 0.3) is 0 Å². The zero-order valence-electron chi connectivity index (χ0n) is 47.3. The highest BCUT2D eigenvalue weighted by Crippen LogP contribution is 2.42. The molecule has 0 radical (unpaired) electrons. The lowest BCUT2D eigenvalue weighted by Crippen LogP contribution is -2.61. The Bertz CT molecular complexity index is 2370. The standard InChI is InChI=1S/C55H86FN7O14/c1-15-41-55(10,69)47(66)31(4)43(64)29(2)23-54(9,72-14)49(32(5)45(33(6)50(68)75-41)76-42-24-53(8,71-13)48(67)34(7)74-42)77-51-44(65)39(22-30(3)73-51)62(11)21-20-38-28-63(61-60-38)40(25-56)46(70-12)36-18-16-35(17-19-36)37-26-58-52(57)59-27-37/h16-19,26-34,39-42,44-49,51,65-67,69H,15,20-25H2,1-14H3,(H2,57,58,59)/t29-,30-,31+,32+,33-,34+,39+,40+,41-,42+,44-,45+,46-,47-,48+,49-,51+,53-,54-,55-/m1/s1. The van der Waals surface area contributed by atoms with Gasteiger partial charge in [-0.05, 0) is 79.0 Å². The highest BCUT2D eigenvalue weighted by atomic mass is 19.1. The number of rotatable bonds is 17. The summed E-state index contributed by atoms with van der Waals surface area (Å²) < 4.78 is 67.1. The fourth-order valence-corrected chi connectivity index (χ4v) is 11.7. The molecular formula is C55H86FN7O14. The van der Waals surface area contributed by atoms with E-state index in [-0.39, 0.29) is 31.0 Å². The monoisotopic (exact) mass is 1090 g/mol. The topological polar surface area (TPSA) is 275 Å². The van der Waals surface area contributed by atoms with Crippen LogP contribution >= 0.6 is 0 Å². The second kappa shape index (κ2) is 26.0. The van der Waals surface area contributed by atoms with Crippen molar-refractivity contribution in [2.24, 2.45) is 23.7 Å². The number of anilines is 1. The Morgan fingerprint density at radius 2 is 1.55 bits per heavy atom. The second-order valence-corrected chi connectivity index (χ2v) is 22.4. The van der Waals surface area contributed by atoms with Crippen molar-refractivity contribution in [1.29, 1.82) is 0 Å². The summed E-state index contributed by atoms with van der Waals surface area (Å²) in [5.41, 5.74) is 4.12. The molecule has 3 aromatic rings. The number of cyclic esters (lactones) is 1. The van der Waals surface area contributed by atoms with Crippen LogP contribution in [0.4, 0.5) is 10.3 Å². The van der Waals surface area contributed by atoms with Crippen LogP contribution in [0.5, 0.6) is 0 Å². The number of aliphatic hydroxyl groups excluding tert-OH is 3. The van der Waals surface area contributed by atoms with Crippen LogP contribution < -0.4 is 5.73 Å². The van der Waals surface area contributed by atoms with Gasteiger partial charge >= 0.3 is 5.97 Å². The number of ketones is 1. The number of nitrogens with two attached hydrogens (primary N) is 1. The molecule has 3 fully saturated rings. The van der Waals surface area contributed by atoms with Crippen LogP contribution in [-0.2, 0) is 53.9 Å². The predicted octanol–water partition coefficient (Wildman–Crippen LogP) is 4.58. The minimum Gasteiger partial charge on any atom is -0.459 e. The van der Waals surface area contributed by atoms with E-state index < -0.39 is 133 Å². The fraction of sp³-hybridized carbons (Fsp3) is 0.745. The fourth-order valence-electron chi connectivity index (χ4n) is 11.7. The quantitative estimate of drug-likeness (QED) is 0.116. The van der Waals surface area contributed by atoms with E-state index in [2.05, 4.69) is 20.3 Å². The van der Waals surface area contributed by atoms with Gasteiger partial charge in [-0.15, -0.1) is 5.10 Å². The van der Waals surface area contributed by atoms with Gasteiger partial charge in [-0.25, -0.2) is 19.0 Å². The lowest BCUT2D eigenvalue weighted by atomic mass is 9.74. The molecule has 3 saturated heterocycles. The molecule has 3 aliphatic heterocycles. The summed E-state index contributed by atoms with van der Waals surface area (Å²) >= 11 is 0. The van der Waals surface area contributed by atoms with E-state index in [1.807, 2.05) is 50.1 Å². The molecule has 5 heterocycles. The summed E-state index contributed by atoms with van der Waals surface area (Å²) in [4.78, 5) is 38.9. The first kappa shape index (κ1) is 62.0. The first-order chi connectivity index (χ1) is 36.3. The Kier molecular flexibility index (Phi) is 20.9. The number of esters is 1. The van der Waals surface area contributed by atoms with Gasteiger partial charge in [-0.2, -0.15) is 0 Å². The number of Topliss-reactive ketones (excluding diaryl/α,β-unsaturated/α-hetero) is 1. The molecule has 0 saturated carbocycles. The number of halogens is 1. The lowest BCUT2D eigenvalue weighted by molar-refractivity contribution is -0.319. The van der Waals surface area contributed by atoms with E-state index in [0.29, 0.717) is 25.1 Å². The minimum absolute atomic E-state index is 0.0353. The van der Waals surface area contributed by atoms with Crippen LogP contribution in [0.3, 0.4) is 0 Å². The van der Waals surface area contributed by atoms with Gasteiger partial charge in [0.15, 0.2) is 12.6 Å². The molecule has 6 rings (SSSR count). The number of hydrogen-bond acceptors (Lipinski definition) is 20. The second-order valence-electron chi connectivity index (χ2n) is 22.4. The summed E-state index contributed by atoms with van der Waals surface area (Å²) in [6.45, 7) is 16.5. The maximum atomic E-state index is 14.9. The zero-order valence-corrected chi connectivity index (χ0v) is 47.3. The van der Waals surface area contributed by atoms with Crippen LogP contribution in [0.2, 0.25) is 0 Å². The molecule has 6 N–H and O–H groups in total. The van der Waals surface area contributed by atoms with Crippen LogP contribution in [0.15, 0.2) is 42.9 Å². The zero-order chi connectivity index (χ0) is 56.9.